The van der Waals surface area contributed by atoms with Gasteiger partial charge in [0.15, 0.2) is 0 Å². The van der Waals surface area contributed by atoms with Crippen LogP contribution in [-0.2, 0) is 18.0 Å². The molecule has 0 radical (unpaired) electrons. The van der Waals surface area contributed by atoms with Crippen LogP contribution in [0.1, 0.15) is 28.5 Å². The first-order chi connectivity index (χ1) is 17.9. The number of nitrogens with one attached hydrogen (secondary N) is 2. The van der Waals surface area contributed by atoms with Crippen molar-refractivity contribution in [3.05, 3.63) is 94.3 Å². The number of carbonyl (C=O) groups is 2. The first kappa shape index (κ1) is 26.3. The van der Waals surface area contributed by atoms with E-state index in [1.165, 1.54) is 17.7 Å². The predicted molar refractivity (Wildman–Crippen MR) is 137 cm³/mol. The highest BCUT2D eigenvalue weighted by atomic mass is 19.4. The van der Waals surface area contributed by atoms with Crippen LogP contribution in [0, 0.1) is 6.92 Å². The van der Waals surface area contributed by atoms with E-state index in [1.54, 1.807) is 49.6 Å². The van der Waals surface area contributed by atoms with Gasteiger partial charge in [-0.05, 0) is 71.6 Å². The molecule has 11 heteroatoms. The maximum Gasteiger partial charge on any atom is 0.433 e. The molecule has 8 nitrogen and oxygen atoms in total. The summed E-state index contributed by atoms with van der Waals surface area (Å²) in [5.74, 6) is -0.608. The van der Waals surface area contributed by atoms with Gasteiger partial charge >= 0.3 is 6.18 Å². The smallest absolute Gasteiger partial charge is 0.322 e. The maximum atomic E-state index is 12.9. The van der Waals surface area contributed by atoms with Crippen LogP contribution in [0.2, 0.25) is 0 Å². The van der Waals surface area contributed by atoms with Crippen molar-refractivity contribution in [2.75, 3.05) is 10.6 Å². The van der Waals surface area contributed by atoms with Crippen LogP contribution in [0.25, 0.3) is 22.3 Å². The Hall–Kier alpha value is -4.80. The lowest BCUT2D eigenvalue weighted by atomic mass is 9.98. The monoisotopic (exact) mass is 521 g/mol. The molecule has 2 N–H and O–H groups in total. The average Bonchev–Trinajstić information content (AvgIpc) is 2.86. The summed E-state index contributed by atoms with van der Waals surface area (Å²) in [6, 6.07) is 11.9. The second-order valence-corrected chi connectivity index (χ2v) is 8.58. The van der Waals surface area contributed by atoms with E-state index in [1.807, 2.05) is 6.92 Å². The van der Waals surface area contributed by atoms with Crippen molar-refractivity contribution in [1.29, 1.82) is 0 Å². The lowest BCUT2D eigenvalue weighted by Gasteiger charge is -2.14. The lowest BCUT2D eigenvalue weighted by molar-refractivity contribution is -0.141. The molecular formula is C27H22F3N5O3. The number of alkyl halides is 3. The normalized spacial score (nSPS) is 11.2. The summed E-state index contributed by atoms with van der Waals surface area (Å²) in [5, 5.41) is 5.27. The Morgan fingerprint density at radius 3 is 2.34 bits per heavy atom. The molecule has 2 amide bonds. The summed E-state index contributed by atoms with van der Waals surface area (Å²) >= 11 is 0. The number of hydrogen-bond donors (Lipinski definition) is 2. The molecule has 0 spiro atoms. The van der Waals surface area contributed by atoms with Crippen LogP contribution in [0.15, 0.2) is 71.9 Å². The van der Waals surface area contributed by atoms with Crippen molar-refractivity contribution in [1.82, 2.24) is 14.5 Å². The van der Waals surface area contributed by atoms with E-state index < -0.39 is 17.8 Å². The molecule has 0 atom stereocenters. The van der Waals surface area contributed by atoms with Crippen molar-refractivity contribution >= 4 is 23.3 Å². The molecule has 0 aliphatic heterocycles. The topological polar surface area (TPSA) is 106 Å². The molecule has 0 aliphatic carbocycles. The van der Waals surface area contributed by atoms with E-state index in [-0.39, 0.29) is 17.0 Å². The second kappa shape index (κ2) is 10.3. The van der Waals surface area contributed by atoms with Crippen molar-refractivity contribution in [3.8, 4) is 22.3 Å². The number of nitrogens with zero attached hydrogens (tertiary/aromatic N) is 3. The first-order valence-corrected chi connectivity index (χ1v) is 11.3. The van der Waals surface area contributed by atoms with Crippen molar-refractivity contribution in [2.24, 2.45) is 7.05 Å². The molecular weight excluding hydrogens is 499 g/mol. The maximum absolute atomic E-state index is 12.9. The zero-order valence-corrected chi connectivity index (χ0v) is 20.6. The van der Waals surface area contributed by atoms with Gasteiger partial charge in [0.05, 0.1) is 5.56 Å². The zero-order chi connectivity index (χ0) is 27.6. The number of pyridine rings is 3. The Morgan fingerprint density at radius 1 is 0.921 bits per heavy atom. The number of rotatable bonds is 5. The first-order valence-electron chi connectivity index (χ1n) is 11.3. The number of amides is 2. The highest BCUT2D eigenvalue weighted by molar-refractivity contribution is 6.04. The minimum atomic E-state index is -4.60. The van der Waals surface area contributed by atoms with Gasteiger partial charge in [0.1, 0.15) is 11.5 Å². The van der Waals surface area contributed by atoms with Gasteiger partial charge < -0.3 is 15.2 Å². The molecule has 38 heavy (non-hydrogen) atoms. The van der Waals surface area contributed by atoms with E-state index in [0.717, 1.165) is 29.5 Å². The van der Waals surface area contributed by atoms with Gasteiger partial charge in [-0.3, -0.25) is 19.4 Å². The molecule has 3 aromatic heterocycles. The van der Waals surface area contributed by atoms with Crippen LogP contribution in [-0.4, -0.2) is 26.3 Å². The Labute approximate surface area is 215 Å². The minimum Gasteiger partial charge on any atom is -0.322 e. The highest BCUT2D eigenvalue weighted by Crippen LogP contribution is 2.30. The van der Waals surface area contributed by atoms with Gasteiger partial charge in [-0.15, -0.1) is 0 Å². The highest BCUT2D eigenvalue weighted by Gasteiger charge is 2.32. The van der Waals surface area contributed by atoms with Gasteiger partial charge in [-0.1, -0.05) is 6.07 Å². The summed E-state index contributed by atoms with van der Waals surface area (Å²) in [5.41, 5.74) is 2.23. The average molecular weight is 521 g/mol. The fraction of sp³-hybridized carbons (Fsp3) is 0.148. The fourth-order valence-electron chi connectivity index (χ4n) is 3.82. The lowest BCUT2D eigenvalue weighted by Crippen LogP contribution is -2.18. The molecule has 3 heterocycles. The number of aryl methyl sites for hydroxylation is 2. The Balaban J connectivity index is 1.67. The molecule has 1 aromatic carbocycles. The minimum absolute atomic E-state index is 0.0304. The van der Waals surface area contributed by atoms with Crippen LogP contribution >= 0.6 is 0 Å². The van der Waals surface area contributed by atoms with Gasteiger partial charge in [0, 0.05) is 43.8 Å². The molecule has 4 rings (SSSR count). The number of aromatic nitrogens is 3. The van der Waals surface area contributed by atoms with E-state index in [2.05, 4.69) is 20.6 Å². The van der Waals surface area contributed by atoms with Crippen molar-refractivity contribution in [2.45, 2.75) is 20.0 Å². The van der Waals surface area contributed by atoms with Gasteiger partial charge in [0.2, 0.25) is 5.91 Å². The summed E-state index contributed by atoms with van der Waals surface area (Å²) in [4.78, 5) is 44.4. The van der Waals surface area contributed by atoms with Crippen molar-refractivity contribution < 1.29 is 22.8 Å². The number of carbonyl (C=O) groups excluding carboxylic acids is 2. The van der Waals surface area contributed by atoms with Gasteiger partial charge in [-0.2, -0.15) is 13.2 Å². The predicted octanol–water partition coefficient (Wildman–Crippen LogP) is 5.05. The molecule has 0 aliphatic rings. The summed E-state index contributed by atoms with van der Waals surface area (Å²) in [6.07, 6.45) is -0.576. The fourth-order valence-corrected chi connectivity index (χ4v) is 3.82. The van der Waals surface area contributed by atoms with E-state index >= 15 is 0 Å². The molecule has 4 aromatic rings. The Kier molecular flexibility index (Phi) is 7.11. The Morgan fingerprint density at radius 2 is 1.68 bits per heavy atom. The van der Waals surface area contributed by atoms with Crippen molar-refractivity contribution in [3.63, 3.8) is 0 Å². The van der Waals surface area contributed by atoms with Crippen LogP contribution in [0.4, 0.5) is 24.7 Å². The third-order valence-electron chi connectivity index (χ3n) is 5.68. The molecule has 0 saturated heterocycles. The second-order valence-electron chi connectivity index (χ2n) is 8.58. The van der Waals surface area contributed by atoms with Crippen LogP contribution in [0.3, 0.4) is 0 Å². The van der Waals surface area contributed by atoms with Gasteiger partial charge in [-0.25, -0.2) is 4.98 Å². The SMILES string of the molecule is CC(=O)Nc1cc(-c2cc(-c3cc(NC(=O)c4ccc(C(F)(F)F)nc4)ccc3C)cn(C)c2=O)ccn1. The van der Waals surface area contributed by atoms with Crippen LogP contribution < -0.4 is 16.2 Å². The summed E-state index contributed by atoms with van der Waals surface area (Å²) in [6.45, 7) is 3.23. The number of hydrogen-bond acceptors (Lipinski definition) is 5. The van der Waals surface area contributed by atoms with Crippen LogP contribution in [0.5, 0.6) is 0 Å². The zero-order valence-electron chi connectivity index (χ0n) is 20.6. The summed E-state index contributed by atoms with van der Waals surface area (Å²) in [7, 11) is 1.61. The molecule has 0 saturated carbocycles. The third kappa shape index (κ3) is 5.77. The number of benzene rings is 1. The molecule has 0 bridgehead atoms. The molecule has 194 valence electrons. The standard InChI is InChI=1S/C27H22F3N5O3/c1-15-4-6-20(34-25(37)18-5-7-23(32-13-18)27(28,29)30)12-21(15)19-10-22(26(38)35(3)14-19)17-8-9-31-24(11-17)33-16(2)36/h4-14H,1-3H3,(H,34,37)(H,31,33,36). The summed E-state index contributed by atoms with van der Waals surface area (Å²) < 4.78 is 39.7. The largest absolute Gasteiger partial charge is 0.433 e. The molecule has 0 unspecified atom stereocenters. The number of anilines is 2. The Bertz CT molecular complexity index is 1600. The third-order valence-corrected chi connectivity index (χ3v) is 5.68. The molecule has 0 fully saturated rings. The van der Waals surface area contributed by atoms with E-state index in [4.69, 9.17) is 0 Å². The van der Waals surface area contributed by atoms with E-state index in [0.29, 0.717) is 28.2 Å². The van der Waals surface area contributed by atoms with Gasteiger partial charge in [0.25, 0.3) is 11.5 Å². The number of halogens is 3. The quantitative estimate of drug-likeness (QED) is 0.383. The van der Waals surface area contributed by atoms with E-state index in [9.17, 15) is 27.6 Å².